The summed E-state index contributed by atoms with van der Waals surface area (Å²) in [6.45, 7) is 9.87. The standard InChI is InChI=1S/C13H10N.C4H10N.C2H6Si.2CH3.2ClH.Ti/c1-2-6-12-11(5-1)7-8-13(12)14-9-3-4-10-14;1-4(2,3)5;1-3-2;;;;;/h1-10H;5H,1-3H3;1-2H3;2*1H3;2*1H;/q2*-1;;2*-1;;;+6/p-2. The molecule has 0 atom stereocenters. The molecule has 0 spiro atoms. The molecule has 3 aromatic rings. The minimum absolute atomic E-state index is 0. The predicted molar refractivity (Wildman–Crippen MR) is 125 cm³/mol. The van der Waals surface area contributed by atoms with Gasteiger partial charge in [-0.25, -0.2) is 0 Å². The van der Waals surface area contributed by atoms with Crippen molar-refractivity contribution in [2.45, 2.75) is 39.4 Å². The van der Waals surface area contributed by atoms with Gasteiger partial charge in [-0.15, -0.1) is 46.6 Å². The van der Waals surface area contributed by atoms with Gasteiger partial charge in [0.2, 0.25) is 0 Å². The number of benzene rings is 1. The summed E-state index contributed by atoms with van der Waals surface area (Å²) in [7, 11) is 10.9. The summed E-state index contributed by atoms with van der Waals surface area (Å²) < 4.78 is 2.14. The van der Waals surface area contributed by atoms with E-state index in [9.17, 15) is 0 Å². The molecule has 2 radical (unpaired) electrons. The fourth-order valence-electron chi connectivity index (χ4n) is 1.85. The van der Waals surface area contributed by atoms with E-state index >= 15 is 0 Å². The van der Waals surface area contributed by atoms with Crippen LogP contribution in [0.2, 0.25) is 13.1 Å². The Hall–Kier alpha value is -0.419. The molecular formula is C21H32Cl2N2SiTi. The van der Waals surface area contributed by atoms with Crippen molar-refractivity contribution in [3.63, 3.8) is 0 Å². The SMILES string of the molecule is CC(C)(C)[NH-].C[Si]C.[CH3-].[CH3-].[Cl][Ti+4][Cl].c1ccc2c(-n3cccc3)c[cH-]c2c1. The molecule has 0 aliphatic carbocycles. The number of aromatic nitrogens is 1. The number of nitrogens with one attached hydrogen (secondary N) is 1. The van der Waals surface area contributed by atoms with E-state index in [-0.39, 0.29) is 20.4 Å². The van der Waals surface area contributed by atoms with Crippen molar-refractivity contribution in [3.8, 4) is 5.69 Å². The Balaban J connectivity index is -0.000000379. The molecule has 0 fully saturated rings. The number of hydrogen-bond donors (Lipinski definition) is 0. The zero-order valence-electron chi connectivity index (χ0n) is 17.5. The van der Waals surface area contributed by atoms with Crippen LogP contribution in [0, 0.1) is 14.9 Å². The minimum Gasteiger partial charge on any atom is -0.371 e. The van der Waals surface area contributed by atoms with Crippen LogP contribution in [-0.4, -0.2) is 19.6 Å². The first-order valence-electron chi connectivity index (χ1n) is 7.86. The van der Waals surface area contributed by atoms with Gasteiger partial charge in [-0.3, -0.25) is 0 Å². The second-order valence-corrected chi connectivity index (χ2v) is 9.80. The van der Waals surface area contributed by atoms with E-state index in [1.165, 1.54) is 16.5 Å². The Morgan fingerprint density at radius 1 is 1.00 bits per heavy atom. The summed E-state index contributed by atoms with van der Waals surface area (Å²) in [5.74, 6) is 0. The van der Waals surface area contributed by atoms with Gasteiger partial charge < -0.3 is 25.2 Å². The summed E-state index contributed by atoms with van der Waals surface area (Å²) >= 11 is -0.556. The first-order chi connectivity index (χ1) is 11.8. The molecular weight excluding hydrogens is 427 g/mol. The van der Waals surface area contributed by atoms with E-state index in [4.69, 9.17) is 24.3 Å². The quantitative estimate of drug-likeness (QED) is 0.259. The smallest absolute Gasteiger partial charge is 0.00146 e. The molecule has 2 aromatic carbocycles. The average molecular weight is 459 g/mol. The summed E-state index contributed by atoms with van der Waals surface area (Å²) in [4.78, 5) is 0. The summed E-state index contributed by atoms with van der Waals surface area (Å²) in [5, 5.41) is 2.61. The maximum absolute atomic E-state index is 6.94. The molecule has 3 rings (SSSR count). The van der Waals surface area contributed by atoms with Gasteiger partial charge in [-0.1, -0.05) is 45.6 Å². The summed E-state index contributed by atoms with van der Waals surface area (Å²) in [6, 6.07) is 16.9. The van der Waals surface area contributed by atoms with E-state index in [1.807, 2.05) is 32.9 Å². The Morgan fingerprint density at radius 2 is 1.41 bits per heavy atom. The van der Waals surface area contributed by atoms with Crippen LogP contribution in [0.1, 0.15) is 20.8 Å². The van der Waals surface area contributed by atoms with Crippen molar-refractivity contribution in [1.29, 1.82) is 0 Å². The Morgan fingerprint density at radius 3 is 1.85 bits per heavy atom. The van der Waals surface area contributed by atoms with Gasteiger partial charge in [0, 0.05) is 9.52 Å². The number of fused-ring (bicyclic) bond motifs is 1. The van der Waals surface area contributed by atoms with Crippen LogP contribution in [0.3, 0.4) is 0 Å². The molecule has 0 saturated carbocycles. The molecule has 0 amide bonds. The van der Waals surface area contributed by atoms with E-state index in [2.05, 4.69) is 66.5 Å². The molecule has 1 N–H and O–H groups in total. The molecule has 148 valence electrons. The first kappa shape index (κ1) is 31.3. The molecule has 1 aromatic heterocycles. The second kappa shape index (κ2) is 17.7. The number of rotatable bonds is 1. The molecule has 0 aliphatic heterocycles. The van der Waals surface area contributed by atoms with Crippen molar-refractivity contribution >= 4 is 38.9 Å². The summed E-state index contributed by atoms with van der Waals surface area (Å²) in [6.07, 6.45) is 4.14. The zero-order chi connectivity index (χ0) is 19.3. The predicted octanol–water partition coefficient (Wildman–Crippen LogP) is 8.25. The van der Waals surface area contributed by atoms with Crippen LogP contribution in [0.4, 0.5) is 0 Å². The van der Waals surface area contributed by atoms with E-state index in [0.717, 1.165) is 9.52 Å². The third kappa shape index (κ3) is 15.2. The van der Waals surface area contributed by atoms with Crippen molar-refractivity contribution in [3.05, 3.63) is 81.5 Å². The average Bonchev–Trinajstić information content (AvgIpc) is 3.16. The fourth-order valence-corrected chi connectivity index (χ4v) is 1.85. The monoisotopic (exact) mass is 458 g/mol. The molecule has 2 nitrogen and oxygen atoms in total. The molecule has 6 heteroatoms. The molecule has 0 bridgehead atoms. The Kier molecular flexibility index (Phi) is 20.5. The van der Waals surface area contributed by atoms with Crippen LogP contribution in [0.15, 0.2) is 60.9 Å². The molecule has 0 saturated heterocycles. The first-order valence-corrected chi connectivity index (χ1v) is 14.2. The van der Waals surface area contributed by atoms with Crippen molar-refractivity contribution < 1.29 is 17.0 Å². The third-order valence-electron chi connectivity index (χ3n) is 2.54. The molecule has 27 heavy (non-hydrogen) atoms. The largest absolute Gasteiger partial charge is 0.371 e. The normalized spacial score (nSPS) is 9.33. The Bertz CT molecular complexity index is 669. The van der Waals surface area contributed by atoms with Gasteiger partial charge in [0.1, 0.15) is 0 Å². The third-order valence-corrected chi connectivity index (χ3v) is 2.54. The van der Waals surface area contributed by atoms with Crippen LogP contribution in [-0.2, 0) is 17.0 Å². The topological polar surface area (TPSA) is 28.7 Å². The van der Waals surface area contributed by atoms with E-state index in [1.54, 1.807) is 0 Å². The van der Waals surface area contributed by atoms with Crippen LogP contribution >= 0.6 is 18.6 Å². The maximum atomic E-state index is 6.94. The second-order valence-electron chi connectivity index (χ2n) is 6.22. The van der Waals surface area contributed by atoms with Crippen LogP contribution in [0.25, 0.3) is 22.2 Å². The van der Waals surface area contributed by atoms with E-state index < -0.39 is 17.0 Å². The van der Waals surface area contributed by atoms with Gasteiger partial charge in [-0.05, 0) is 24.5 Å². The fraction of sp³-hybridized carbons (Fsp3) is 0.286. The van der Waals surface area contributed by atoms with Gasteiger partial charge in [0.15, 0.2) is 0 Å². The van der Waals surface area contributed by atoms with Gasteiger partial charge in [0.05, 0.1) is 0 Å². The van der Waals surface area contributed by atoms with Crippen LogP contribution < -0.4 is 0 Å². The molecule has 1 heterocycles. The summed E-state index contributed by atoms with van der Waals surface area (Å²) in [5.41, 5.74) is 7.94. The van der Waals surface area contributed by atoms with Crippen LogP contribution in [0.5, 0.6) is 0 Å². The van der Waals surface area contributed by atoms with Crippen molar-refractivity contribution in [2.24, 2.45) is 0 Å². The minimum atomic E-state index is -0.556. The van der Waals surface area contributed by atoms with Gasteiger partial charge in [-0.2, -0.15) is 0 Å². The van der Waals surface area contributed by atoms with Gasteiger partial charge >= 0.3 is 35.6 Å². The molecule has 0 unspecified atom stereocenters. The van der Waals surface area contributed by atoms with E-state index in [0.29, 0.717) is 0 Å². The number of halogens is 2. The van der Waals surface area contributed by atoms with Crippen molar-refractivity contribution in [2.75, 3.05) is 0 Å². The number of hydrogen-bond acceptors (Lipinski definition) is 0. The number of nitrogens with zero attached hydrogens (tertiary/aromatic N) is 1. The zero-order valence-corrected chi connectivity index (χ0v) is 21.6. The van der Waals surface area contributed by atoms with Gasteiger partial charge in [0.25, 0.3) is 0 Å². The maximum Gasteiger partial charge on any atom is -0.00146 e. The molecule has 0 aliphatic rings. The Labute approximate surface area is 186 Å². The van der Waals surface area contributed by atoms with Crippen molar-refractivity contribution in [1.82, 2.24) is 4.57 Å².